The standard InChI is InChI=1S/C57H48O4.C49H32O8/c1-33-17-34(2)20-41(19-33)37-9-13-49-51-15-11-39(43-23-45(58-5)31-46(24-43)59-6)29-55(51)57(53(49)27-37)54-28-38(42-21-35(3)18-36(4)22-42)10-14-50(54)52-16-12-40(30-56(52)57)44-25-47(60-7)32-48(26-44)61-8;50-33-9-29(10-34(51)21-33)25-1-5-41-42-6-2-26(30-11-35(52)22-36(53)12-30)18-46(42)49(45(41)17-25)47-19-27(31-13-37(54)23-38(55)14-31)3-7-43(47)44-8-4-28(20-48(44)49)32-15-39(56)24-40(57)16-32/h9-32H,1-8H3;1-24,50-57H. The fourth-order valence-corrected chi connectivity index (χ4v) is 19.2. The molecular weight excluding hydrogens is 1470 g/mol. The van der Waals surface area contributed by atoms with Gasteiger partial charge in [-0.2, -0.15) is 0 Å². The summed E-state index contributed by atoms with van der Waals surface area (Å²) in [6.07, 6.45) is 0. The molecule has 0 heterocycles. The Morgan fingerprint density at radius 2 is 0.314 bits per heavy atom. The zero-order valence-corrected chi connectivity index (χ0v) is 65.9. The van der Waals surface area contributed by atoms with Crippen LogP contribution in [0.15, 0.2) is 291 Å². The number of methoxy groups -OCH3 is 4. The van der Waals surface area contributed by atoms with E-state index in [4.69, 9.17) is 18.9 Å². The maximum Gasteiger partial charge on any atom is 0.123 e. The molecule has 0 amide bonds. The van der Waals surface area contributed by atoms with Gasteiger partial charge in [0.25, 0.3) is 0 Å². The van der Waals surface area contributed by atoms with Crippen LogP contribution in [0, 0.1) is 27.7 Å². The fourth-order valence-electron chi connectivity index (χ4n) is 19.2. The van der Waals surface area contributed by atoms with Crippen molar-refractivity contribution in [2.75, 3.05) is 28.4 Å². The van der Waals surface area contributed by atoms with Gasteiger partial charge in [0.2, 0.25) is 0 Å². The summed E-state index contributed by atoms with van der Waals surface area (Å²) in [5, 5.41) is 84.2. The molecule has 0 aromatic heterocycles. The van der Waals surface area contributed by atoms with Crippen LogP contribution >= 0.6 is 0 Å². The average molecular weight is 1550 g/mol. The highest BCUT2D eigenvalue weighted by Gasteiger charge is 2.54. The van der Waals surface area contributed by atoms with Crippen molar-refractivity contribution in [2.24, 2.45) is 0 Å². The van der Waals surface area contributed by atoms with Crippen LogP contribution in [0.2, 0.25) is 0 Å². The number of phenols is 8. The van der Waals surface area contributed by atoms with Gasteiger partial charge in [-0.25, -0.2) is 0 Å². The molecule has 0 saturated heterocycles. The van der Waals surface area contributed by atoms with Crippen molar-refractivity contribution in [3.63, 3.8) is 0 Å². The highest BCUT2D eigenvalue weighted by atomic mass is 16.5. The summed E-state index contributed by atoms with van der Waals surface area (Å²) < 4.78 is 23.1. The number of rotatable bonds is 12. The van der Waals surface area contributed by atoms with Crippen LogP contribution in [-0.2, 0) is 10.8 Å². The summed E-state index contributed by atoms with van der Waals surface area (Å²) >= 11 is 0. The van der Waals surface area contributed by atoms with E-state index < -0.39 is 10.8 Å². The molecule has 16 aromatic carbocycles. The highest BCUT2D eigenvalue weighted by molar-refractivity contribution is 6.02. The molecule has 4 aliphatic carbocycles. The van der Waals surface area contributed by atoms with E-state index in [2.05, 4.69) is 185 Å². The van der Waals surface area contributed by atoms with Gasteiger partial charge in [-0.1, -0.05) is 156 Å². The molecular formula is C106H80O12. The van der Waals surface area contributed by atoms with Crippen molar-refractivity contribution in [2.45, 2.75) is 38.5 Å². The molecule has 118 heavy (non-hydrogen) atoms. The molecule has 0 saturated carbocycles. The Morgan fingerprint density at radius 3 is 0.475 bits per heavy atom. The van der Waals surface area contributed by atoms with Crippen LogP contribution < -0.4 is 18.9 Å². The molecule has 12 heteroatoms. The summed E-state index contributed by atoms with van der Waals surface area (Å²) in [6.45, 7) is 8.74. The molecule has 20 rings (SSSR count). The Morgan fingerprint density at radius 1 is 0.161 bits per heavy atom. The maximum absolute atomic E-state index is 10.5. The fraction of sp³-hybridized carbons (Fsp3) is 0.0943. The second-order valence-electron chi connectivity index (χ2n) is 31.5. The van der Waals surface area contributed by atoms with Crippen molar-refractivity contribution >= 4 is 0 Å². The third kappa shape index (κ3) is 12.1. The van der Waals surface area contributed by atoms with Gasteiger partial charge in [0, 0.05) is 36.4 Å². The Balaban J connectivity index is 0.000000157. The van der Waals surface area contributed by atoms with E-state index in [-0.39, 0.29) is 46.0 Å². The zero-order chi connectivity index (χ0) is 81.5. The molecule has 0 fully saturated rings. The summed E-state index contributed by atoms with van der Waals surface area (Å²) in [5.41, 5.74) is 35.0. The topological polar surface area (TPSA) is 199 Å². The Bertz CT molecular complexity index is 6140. The van der Waals surface area contributed by atoms with Gasteiger partial charge in [0.05, 0.1) is 39.3 Å². The lowest BCUT2D eigenvalue weighted by Gasteiger charge is -2.32. The van der Waals surface area contributed by atoms with Crippen LogP contribution in [0.25, 0.3) is 134 Å². The molecule has 12 nitrogen and oxygen atoms in total. The van der Waals surface area contributed by atoms with Crippen molar-refractivity contribution in [3.8, 4) is 203 Å². The monoisotopic (exact) mass is 1540 g/mol. The lowest BCUT2D eigenvalue weighted by molar-refractivity contribution is 0.394. The maximum atomic E-state index is 10.5. The molecule has 0 unspecified atom stereocenters. The van der Waals surface area contributed by atoms with E-state index in [0.29, 0.717) is 22.3 Å². The lowest BCUT2D eigenvalue weighted by Crippen LogP contribution is -2.26. The van der Waals surface area contributed by atoms with Crippen LogP contribution in [0.5, 0.6) is 69.0 Å². The summed E-state index contributed by atoms with van der Waals surface area (Å²) in [4.78, 5) is 0. The van der Waals surface area contributed by atoms with E-state index in [1.165, 1.54) is 113 Å². The van der Waals surface area contributed by atoms with Crippen molar-refractivity contribution in [1.82, 2.24) is 0 Å². The minimum atomic E-state index is -1.04. The molecule has 2 spiro atoms. The van der Waals surface area contributed by atoms with Crippen LogP contribution in [-0.4, -0.2) is 69.3 Å². The lowest BCUT2D eigenvalue weighted by atomic mass is 9.69. The zero-order valence-electron chi connectivity index (χ0n) is 65.9. The van der Waals surface area contributed by atoms with E-state index in [1.807, 2.05) is 60.7 Å². The quantitative estimate of drug-likeness (QED) is 0.0577. The number of aryl methyl sites for hydroxylation is 4. The van der Waals surface area contributed by atoms with E-state index in [0.717, 1.165) is 112 Å². The number of hydrogen-bond donors (Lipinski definition) is 8. The highest BCUT2D eigenvalue weighted by Crippen LogP contribution is 2.67. The van der Waals surface area contributed by atoms with Gasteiger partial charge in [0.1, 0.15) is 69.0 Å². The van der Waals surface area contributed by atoms with Gasteiger partial charge in [-0.15, -0.1) is 0 Å². The summed E-state index contributed by atoms with van der Waals surface area (Å²) in [7, 11) is 6.82. The number of fused-ring (bicyclic) bond motifs is 20. The van der Waals surface area contributed by atoms with Gasteiger partial charge >= 0.3 is 0 Å². The molecule has 576 valence electrons. The smallest absolute Gasteiger partial charge is 0.123 e. The van der Waals surface area contributed by atoms with Crippen molar-refractivity contribution in [1.29, 1.82) is 0 Å². The normalized spacial score (nSPS) is 12.8. The van der Waals surface area contributed by atoms with Crippen molar-refractivity contribution in [3.05, 3.63) is 358 Å². The predicted octanol–water partition coefficient (Wildman–Crippen LogP) is 24.3. The molecule has 0 bridgehead atoms. The van der Waals surface area contributed by atoms with Gasteiger partial charge in [-0.05, 0) is 327 Å². The Kier molecular flexibility index (Phi) is 17.4. The summed E-state index contributed by atoms with van der Waals surface area (Å²) in [5.74, 6) is 2.31. The first-order valence-corrected chi connectivity index (χ1v) is 39.0. The molecule has 0 atom stereocenters. The second-order valence-corrected chi connectivity index (χ2v) is 31.5. The Labute approximate surface area is 683 Å². The molecule has 0 radical (unpaired) electrons. The third-order valence-electron chi connectivity index (χ3n) is 24.0. The Hall–Kier alpha value is -14.9. The minimum Gasteiger partial charge on any atom is -0.508 e. The van der Waals surface area contributed by atoms with Gasteiger partial charge < -0.3 is 59.8 Å². The number of aromatic hydroxyl groups is 8. The third-order valence-corrected chi connectivity index (χ3v) is 24.0. The second kappa shape index (κ2) is 28.0. The first kappa shape index (κ1) is 73.3. The van der Waals surface area contributed by atoms with E-state index in [1.54, 1.807) is 77.0 Å². The first-order chi connectivity index (χ1) is 57.0. The van der Waals surface area contributed by atoms with Gasteiger partial charge in [0.15, 0.2) is 0 Å². The van der Waals surface area contributed by atoms with Crippen molar-refractivity contribution < 1.29 is 59.8 Å². The predicted molar refractivity (Wildman–Crippen MR) is 467 cm³/mol. The number of benzene rings is 16. The minimum absolute atomic E-state index is 0.0860. The van der Waals surface area contributed by atoms with E-state index >= 15 is 0 Å². The average Bonchev–Trinajstić information content (AvgIpc) is 1.51. The molecule has 8 N–H and O–H groups in total. The molecule has 16 aromatic rings. The largest absolute Gasteiger partial charge is 0.508 e. The van der Waals surface area contributed by atoms with Crippen LogP contribution in [0.1, 0.15) is 66.8 Å². The first-order valence-electron chi connectivity index (χ1n) is 39.0. The number of phenolic OH excluding ortho intramolecular Hbond substituents is 8. The summed E-state index contributed by atoms with van der Waals surface area (Å²) in [6, 6.07) is 96.3. The molecule has 0 aliphatic heterocycles. The van der Waals surface area contributed by atoms with Crippen LogP contribution in [0.4, 0.5) is 0 Å². The SMILES string of the molecule is COc1cc(OC)cc(-c2ccc3c(c2)C2(c4cc(-c5cc(C)cc(C)c5)ccc4-3)c3cc(-c4cc(C)cc(C)c4)ccc3-c3ccc(-c4cc(OC)cc(OC)c4)cc32)c1.Oc1cc(O)cc(-c2ccc3c(c2)C2(c4cc(-c5cc(O)cc(O)c5)ccc4-3)c3cc(-c4cc(O)cc(O)c4)ccc3-c3ccc(-c4cc(O)cc(O)c4)cc32)c1. The molecule has 4 aliphatic rings. The van der Waals surface area contributed by atoms with Crippen LogP contribution in [0.3, 0.4) is 0 Å². The van der Waals surface area contributed by atoms with Gasteiger partial charge in [-0.3, -0.25) is 0 Å². The number of ether oxygens (including phenoxy) is 4. The van der Waals surface area contributed by atoms with E-state index in [9.17, 15) is 40.9 Å². The number of hydrogen-bond acceptors (Lipinski definition) is 12.